The van der Waals surface area contributed by atoms with Gasteiger partial charge in [-0.05, 0) is 55.8 Å². The Morgan fingerprint density at radius 2 is 1.74 bits per heavy atom. The lowest BCUT2D eigenvalue weighted by atomic mass is 9.85. The number of hydrogen-bond donors (Lipinski definition) is 1. The molecule has 2 amide bonds. The first-order chi connectivity index (χ1) is 19.6. The van der Waals surface area contributed by atoms with Crippen LogP contribution in [0.1, 0.15) is 54.8 Å². The Hall–Kier alpha value is -3.38. The highest BCUT2D eigenvalue weighted by atomic mass is 35.5. The zero-order valence-electron chi connectivity index (χ0n) is 23.9. The Labute approximate surface area is 246 Å². The normalized spacial score (nSPS) is 16.9. The molecule has 226 valence electrons. The summed E-state index contributed by atoms with van der Waals surface area (Å²) in [5.74, 6) is -1.24. The average Bonchev–Trinajstić information content (AvgIpc) is 3.43. The van der Waals surface area contributed by atoms with E-state index in [1.165, 1.54) is 33.7 Å². The third kappa shape index (κ3) is 5.78. The molecular formula is C29H33ClF4N6O2. The molecule has 0 saturated carbocycles. The number of fused-ring (bicyclic) bond motifs is 2. The van der Waals surface area contributed by atoms with E-state index in [0.717, 1.165) is 19.0 Å². The molecule has 42 heavy (non-hydrogen) atoms. The smallest absolute Gasteiger partial charge is 0.338 e. The highest BCUT2D eigenvalue weighted by molar-refractivity contribution is 6.30. The number of imidazole rings is 1. The molecule has 0 spiro atoms. The van der Waals surface area contributed by atoms with Gasteiger partial charge in [-0.1, -0.05) is 32.4 Å². The number of benzene rings is 1. The van der Waals surface area contributed by atoms with Crippen molar-refractivity contribution in [2.24, 2.45) is 5.41 Å². The van der Waals surface area contributed by atoms with Gasteiger partial charge in [0, 0.05) is 36.9 Å². The van der Waals surface area contributed by atoms with Crippen molar-refractivity contribution in [2.75, 3.05) is 20.1 Å². The molecule has 0 aliphatic carbocycles. The van der Waals surface area contributed by atoms with E-state index < -0.39 is 41.0 Å². The van der Waals surface area contributed by atoms with Crippen molar-refractivity contribution in [3.05, 3.63) is 63.9 Å². The minimum atomic E-state index is -4.49. The molecule has 4 heterocycles. The molecular weight excluding hydrogens is 576 g/mol. The summed E-state index contributed by atoms with van der Waals surface area (Å²) < 4.78 is 58.1. The number of rotatable bonds is 4. The van der Waals surface area contributed by atoms with Gasteiger partial charge in [0.1, 0.15) is 23.4 Å². The van der Waals surface area contributed by atoms with Gasteiger partial charge in [0.05, 0.1) is 17.8 Å². The monoisotopic (exact) mass is 608 g/mol. The summed E-state index contributed by atoms with van der Waals surface area (Å²) >= 11 is 6.17. The van der Waals surface area contributed by atoms with Gasteiger partial charge < -0.3 is 24.3 Å². The van der Waals surface area contributed by atoms with Crippen molar-refractivity contribution in [2.45, 2.75) is 65.6 Å². The Balaban J connectivity index is 1.46. The van der Waals surface area contributed by atoms with E-state index in [0.29, 0.717) is 29.5 Å². The lowest BCUT2D eigenvalue weighted by molar-refractivity contribution is -0.144. The minimum absolute atomic E-state index is 0.0107. The van der Waals surface area contributed by atoms with Crippen LogP contribution < -0.4 is 5.32 Å². The molecule has 0 radical (unpaired) electrons. The van der Waals surface area contributed by atoms with E-state index in [4.69, 9.17) is 11.6 Å². The average molecular weight is 609 g/mol. The summed E-state index contributed by atoms with van der Waals surface area (Å²) in [6.07, 6.45) is -3.73. The fourth-order valence-electron chi connectivity index (χ4n) is 5.65. The highest BCUT2D eigenvalue weighted by Gasteiger charge is 2.40. The summed E-state index contributed by atoms with van der Waals surface area (Å²) in [5, 5.41) is 3.20. The molecule has 0 fully saturated rings. The SMILES string of the molecule is CN1CCCn2c(-c3cc(Cl)ccc3F)nc(C(=O)N[C@H](C(=O)N3CCn4c(ccc4C(F)(F)F)C3)C(C)(C)C)c2C1. The number of carbonyl (C=O) groups excluding carboxylic acids is 2. The van der Waals surface area contributed by atoms with E-state index in [9.17, 15) is 27.2 Å². The van der Waals surface area contributed by atoms with Crippen LogP contribution in [0.4, 0.5) is 17.6 Å². The van der Waals surface area contributed by atoms with Gasteiger partial charge in [0.15, 0.2) is 5.69 Å². The first-order valence-corrected chi connectivity index (χ1v) is 14.1. The quantitative estimate of drug-likeness (QED) is 0.414. The standard InChI is InChI=1S/C29H33ClF4N6O2/c1-28(2,3)24(27(42)38-12-13-39-18(15-38)7-9-22(39)29(32,33)34)36-26(41)23-21-16-37(4)10-5-11-40(21)25(35-23)19-14-17(30)6-8-20(19)31/h6-9,14,24H,5,10-13,15-16H2,1-4H3,(H,36,41)/t24-/m1/s1. The zero-order chi connectivity index (χ0) is 30.6. The Kier molecular flexibility index (Phi) is 7.90. The topological polar surface area (TPSA) is 75.4 Å². The number of halogens is 5. The first-order valence-electron chi connectivity index (χ1n) is 13.7. The van der Waals surface area contributed by atoms with Crippen LogP contribution in [-0.2, 0) is 37.1 Å². The summed E-state index contributed by atoms with van der Waals surface area (Å²) in [6, 6.07) is 5.56. The number of amides is 2. The van der Waals surface area contributed by atoms with Crippen molar-refractivity contribution in [3.63, 3.8) is 0 Å². The molecule has 5 rings (SSSR count). The summed E-state index contributed by atoms with van der Waals surface area (Å²) in [6.45, 7) is 7.11. The van der Waals surface area contributed by atoms with Crippen LogP contribution in [0.5, 0.6) is 0 Å². The van der Waals surface area contributed by atoms with E-state index in [2.05, 4.69) is 10.3 Å². The molecule has 1 N–H and O–H groups in total. The molecule has 13 heteroatoms. The van der Waals surface area contributed by atoms with Gasteiger partial charge in [-0.3, -0.25) is 9.59 Å². The third-order valence-corrected chi connectivity index (χ3v) is 8.04. The van der Waals surface area contributed by atoms with Gasteiger partial charge in [-0.25, -0.2) is 9.37 Å². The van der Waals surface area contributed by atoms with Gasteiger partial charge in [-0.15, -0.1) is 0 Å². The molecule has 2 aliphatic rings. The largest absolute Gasteiger partial charge is 0.431 e. The molecule has 8 nitrogen and oxygen atoms in total. The molecule has 0 unspecified atom stereocenters. The van der Waals surface area contributed by atoms with Crippen molar-refractivity contribution >= 4 is 23.4 Å². The first kappa shape index (κ1) is 30.1. The second-order valence-corrected chi connectivity index (χ2v) is 12.4. The molecule has 0 bridgehead atoms. The summed E-state index contributed by atoms with van der Waals surface area (Å²) in [7, 11) is 1.92. The lowest BCUT2D eigenvalue weighted by Gasteiger charge is -2.37. The molecule has 1 atom stereocenters. The molecule has 0 saturated heterocycles. The Morgan fingerprint density at radius 3 is 2.43 bits per heavy atom. The van der Waals surface area contributed by atoms with Crippen LogP contribution in [0.2, 0.25) is 5.02 Å². The number of nitrogens with one attached hydrogen (secondary N) is 1. The summed E-state index contributed by atoms with van der Waals surface area (Å²) in [4.78, 5) is 35.8. The minimum Gasteiger partial charge on any atom is -0.338 e. The fraction of sp³-hybridized carbons (Fsp3) is 0.483. The van der Waals surface area contributed by atoms with Crippen LogP contribution >= 0.6 is 11.6 Å². The molecule has 1 aromatic carbocycles. The summed E-state index contributed by atoms with van der Waals surface area (Å²) in [5.41, 5.74) is -0.261. The maximum Gasteiger partial charge on any atom is 0.431 e. The predicted octanol–water partition coefficient (Wildman–Crippen LogP) is 5.19. The van der Waals surface area contributed by atoms with E-state index in [1.807, 2.05) is 16.5 Å². The third-order valence-electron chi connectivity index (χ3n) is 7.81. The second kappa shape index (κ2) is 11.0. The van der Waals surface area contributed by atoms with E-state index in [1.54, 1.807) is 20.8 Å². The van der Waals surface area contributed by atoms with Crippen molar-refractivity contribution in [1.29, 1.82) is 0 Å². The van der Waals surface area contributed by atoms with Gasteiger partial charge in [0.25, 0.3) is 5.91 Å². The fourth-order valence-corrected chi connectivity index (χ4v) is 5.82. The van der Waals surface area contributed by atoms with Crippen LogP contribution in [0, 0.1) is 11.2 Å². The number of alkyl halides is 3. The van der Waals surface area contributed by atoms with Crippen molar-refractivity contribution in [1.82, 2.24) is 29.2 Å². The van der Waals surface area contributed by atoms with Crippen LogP contribution in [0.15, 0.2) is 30.3 Å². The number of carbonyl (C=O) groups is 2. The van der Waals surface area contributed by atoms with Crippen molar-refractivity contribution in [3.8, 4) is 11.4 Å². The Bertz CT molecular complexity index is 1520. The zero-order valence-corrected chi connectivity index (χ0v) is 24.6. The van der Waals surface area contributed by atoms with E-state index in [-0.39, 0.29) is 36.7 Å². The van der Waals surface area contributed by atoms with Crippen molar-refractivity contribution < 1.29 is 27.2 Å². The number of nitrogens with zero attached hydrogens (tertiary/aromatic N) is 5. The van der Waals surface area contributed by atoms with Gasteiger partial charge in [-0.2, -0.15) is 13.2 Å². The molecule has 3 aromatic rings. The molecule has 2 aromatic heterocycles. The maximum atomic E-state index is 14.9. The lowest BCUT2D eigenvalue weighted by Crippen LogP contribution is -2.56. The second-order valence-electron chi connectivity index (χ2n) is 12.0. The van der Waals surface area contributed by atoms with Gasteiger partial charge >= 0.3 is 6.18 Å². The predicted molar refractivity (Wildman–Crippen MR) is 149 cm³/mol. The van der Waals surface area contributed by atoms with Crippen LogP contribution in [0.3, 0.4) is 0 Å². The van der Waals surface area contributed by atoms with E-state index >= 15 is 0 Å². The van der Waals surface area contributed by atoms with Crippen LogP contribution in [-0.4, -0.2) is 61.9 Å². The van der Waals surface area contributed by atoms with Crippen LogP contribution in [0.25, 0.3) is 11.4 Å². The van der Waals surface area contributed by atoms with Gasteiger partial charge in [0.2, 0.25) is 5.91 Å². The number of aromatic nitrogens is 3. The number of hydrogen-bond acceptors (Lipinski definition) is 4. The maximum absolute atomic E-state index is 14.9. The molecule has 2 aliphatic heterocycles. The highest BCUT2D eigenvalue weighted by Crippen LogP contribution is 2.34. The Morgan fingerprint density at radius 1 is 1.00 bits per heavy atom.